The molecule has 1 atom stereocenters. The molecule has 146 valence electrons. The predicted molar refractivity (Wildman–Crippen MR) is 110 cm³/mol. The van der Waals surface area contributed by atoms with Crippen LogP contribution in [-0.2, 0) is 4.79 Å². The molecular weight excluding hydrogens is 375 g/mol. The maximum atomic E-state index is 13.4. The van der Waals surface area contributed by atoms with Gasteiger partial charge < -0.3 is 5.32 Å². The molecule has 3 aromatic rings. The van der Waals surface area contributed by atoms with Gasteiger partial charge in [0.05, 0.1) is 5.75 Å². The monoisotopic (exact) mass is 398 g/mol. The number of benzene rings is 2. The van der Waals surface area contributed by atoms with Crippen LogP contribution in [-0.4, -0.2) is 32.5 Å². The van der Waals surface area contributed by atoms with Gasteiger partial charge in [-0.3, -0.25) is 9.36 Å². The van der Waals surface area contributed by atoms with Gasteiger partial charge in [0.15, 0.2) is 11.0 Å². The van der Waals surface area contributed by atoms with E-state index < -0.39 is 0 Å². The highest BCUT2D eigenvalue weighted by Gasteiger charge is 2.18. The number of hydrogen-bond donors (Lipinski definition) is 1. The van der Waals surface area contributed by atoms with E-state index in [1.54, 1.807) is 12.1 Å². The topological polar surface area (TPSA) is 59.8 Å². The zero-order chi connectivity index (χ0) is 20.1. The van der Waals surface area contributed by atoms with E-state index in [2.05, 4.69) is 29.4 Å². The van der Waals surface area contributed by atoms with Crippen molar-refractivity contribution in [3.8, 4) is 17.1 Å². The first-order valence-corrected chi connectivity index (χ1v) is 10.1. The molecule has 5 nitrogen and oxygen atoms in total. The normalized spacial score (nSPS) is 12.2. The van der Waals surface area contributed by atoms with Crippen LogP contribution < -0.4 is 5.32 Å². The SMILES string of the molecule is CC(C)C(C)NC(=O)CSc1nnc(-c2ccccc2)n1-c1ccc(F)cc1. The molecule has 0 spiro atoms. The van der Waals surface area contributed by atoms with Crippen LogP contribution in [0.1, 0.15) is 20.8 Å². The smallest absolute Gasteiger partial charge is 0.230 e. The van der Waals surface area contributed by atoms with Crippen molar-refractivity contribution in [2.24, 2.45) is 5.92 Å². The molecule has 0 aliphatic rings. The van der Waals surface area contributed by atoms with Gasteiger partial charge in [-0.15, -0.1) is 10.2 Å². The quantitative estimate of drug-likeness (QED) is 0.602. The lowest BCUT2D eigenvalue weighted by molar-refractivity contribution is -0.119. The maximum Gasteiger partial charge on any atom is 0.230 e. The van der Waals surface area contributed by atoms with Crippen molar-refractivity contribution in [2.75, 3.05) is 5.75 Å². The van der Waals surface area contributed by atoms with Gasteiger partial charge in [-0.1, -0.05) is 55.9 Å². The van der Waals surface area contributed by atoms with E-state index in [1.165, 1.54) is 23.9 Å². The van der Waals surface area contributed by atoms with Gasteiger partial charge in [0.25, 0.3) is 0 Å². The Labute approximate surface area is 168 Å². The molecule has 0 saturated heterocycles. The fourth-order valence-electron chi connectivity index (χ4n) is 2.55. The second-order valence-corrected chi connectivity index (χ2v) is 7.82. The second-order valence-electron chi connectivity index (χ2n) is 6.87. The maximum absolute atomic E-state index is 13.4. The summed E-state index contributed by atoms with van der Waals surface area (Å²) in [5, 5.41) is 12.2. The van der Waals surface area contributed by atoms with E-state index in [-0.39, 0.29) is 23.5 Å². The number of thioether (sulfide) groups is 1. The third-order valence-corrected chi connectivity index (χ3v) is 5.40. The molecule has 1 aromatic heterocycles. The van der Waals surface area contributed by atoms with E-state index in [0.717, 1.165) is 11.3 Å². The number of halogens is 1. The third-order valence-electron chi connectivity index (χ3n) is 4.47. The number of nitrogens with zero attached hydrogens (tertiary/aromatic N) is 3. The van der Waals surface area contributed by atoms with Gasteiger partial charge in [0.1, 0.15) is 5.82 Å². The molecule has 1 unspecified atom stereocenters. The number of carbonyl (C=O) groups is 1. The molecule has 1 heterocycles. The minimum atomic E-state index is -0.311. The Balaban J connectivity index is 1.88. The first-order chi connectivity index (χ1) is 13.5. The Kier molecular flexibility index (Phi) is 6.46. The van der Waals surface area contributed by atoms with Crippen molar-refractivity contribution in [2.45, 2.75) is 32.0 Å². The van der Waals surface area contributed by atoms with Crippen LogP contribution in [0, 0.1) is 11.7 Å². The summed E-state index contributed by atoms with van der Waals surface area (Å²) in [5.41, 5.74) is 1.63. The minimum absolute atomic E-state index is 0.0545. The zero-order valence-electron chi connectivity index (χ0n) is 16.1. The lowest BCUT2D eigenvalue weighted by Gasteiger charge is -2.17. The van der Waals surface area contributed by atoms with Gasteiger partial charge in [-0.25, -0.2) is 4.39 Å². The highest BCUT2D eigenvalue weighted by atomic mass is 32.2. The molecule has 0 bridgehead atoms. The molecule has 2 aromatic carbocycles. The molecule has 0 aliphatic heterocycles. The third kappa shape index (κ3) is 4.78. The van der Waals surface area contributed by atoms with Gasteiger partial charge in [0.2, 0.25) is 5.91 Å². The molecule has 3 rings (SSSR count). The van der Waals surface area contributed by atoms with Crippen molar-refractivity contribution in [3.63, 3.8) is 0 Å². The van der Waals surface area contributed by atoms with Gasteiger partial charge in [-0.2, -0.15) is 0 Å². The highest BCUT2D eigenvalue weighted by molar-refractivity contribution is 7.99. The van der Waals surface area contributed by atoms with Crippen LogP contribution in [0.4, 0.5) is 4.39 Å². The van der Waals surface area contributed by atoms with E-state index in [9.17, 15) is 9.18 Å². The fraction of sp³-hybridized carbons (Fsp3) is 0.286. The first kappa shape index (κ1) is 20.1. The molecule has 0 aliphatic carbocycles. The van der Waals surface area contributed by atoms with E-state index in [0.29, 0.717) is 16.9 Å². The summed E-state index contributed by atoms with van der Waals surface area (Å²) in [5.74, 6) is 0.869. The number of rotatable bonds is 7. The Bertz CT molecular complexity index is 925. The Morgan fingerprint density at radius 2 is 1.75 bits per heavy atom. The average Bonchev–Trinajstić information content (AvgIpc) is 3.11. The molecule has 7 heteroatoms. The second kappa shape index (κ2) is 9.01. The summed E-state index contributed by atoms with van der Waals surface area (Å²) in [6.45, 7) is 6.12. The van der Waals surface area contributed by atoms with E-state index in [1.807, 2.05) is 41.8 Å². The Morgan fingerprint density at radius 1 is 1.07 bits per heavy atom. The number of nitrogens with one attached hydrogen (secondary N) is 1. The zero-order valence-corrected chi connectivity index (χ0v) is 16.9. The van der Waals surface area contributed by atoms with E-state index >= 15 is 0 Å². The summed E-state index contributed by atoms with van der Waals surface area (Å²) >= 11 is 1.31. The van der Waals surface area contributed by atoms with Crippen LogP contribution in [0.2, 0.25) is 0 Å². The highest BCUT2D eigenvalue weighted by Crippen LogP contribution is 2.28. The van der Waals surface area contributed by atoms with Crippen molar-refractivity contribution in [1.29, 1.82) is 0 Å². The number of hydrogen-bond acceptors (Lipinski definition) is 4. The van der Waals surface area contributed by atoms with Crippen molar-refractivity contribution < 1.29 is 9.18 Å². The molecule has 0 radical (unpaired) electrons. The summed E-state index contributed by atoms with van der Waals surface area (Å²) < 4.78 is 15.2. The number of carbonyl (C=O) groups excluding carboxylic acids is 1. The Hall–Kier alpha value is -2.67. The molecule has 1 N–H and O–H groups in total. The van der Waals surface area contributed by atoms with Crippen LogP contribution in [0.5, 0.6) is 0 Å². The molecule has 0 fully saturated rings. The molecule has 28 heavy (non-hydrogen) atoms. The first-order valence-electron chi connectivity index (χ1n) is 9.14. The predicted octanol–water partition coefficient (Wildman–Crippen LogP) is 4.33. The standard InChI is InChI=1S/C21H23FN4OS/c1-14(2)15(3)23-19(27)13-28-21-25-24-20(16-7-5-4-6-8-16)26(21)18-11-9-17(22)10-12-18/h4-12,14-15H,13H2,1-3H3,(H,23,27). The lowest BCUT2D eigenvalue weighted by Crippen LogP contribution is -2.37. The van der Waals surface area contributed by atoms with Crippen LogP contribution in [0.3, 0.4) is 0 Å². The number of amides is 1. The minimum Gasteiger partial charge on any atom is -0.353 e. The van der Waals surface area contributed by atoms with Crippen LogP contribution in [0.15, 0.2) is 59.8 Å². The lowest BCUT2D eigenvalue weighted by atomic mass is 10.1. The largest absolute Gasteiger partial charge is 0.353 e. The van der Waals surface area contributed by atoms with Crippen molar-refractivity contribution >= 4 is 17.7 Å². The molecule has 0 saturated carbocycles. The summed E-state index contributed by atoms with van der Waals surface area (Å²) in [4.78, 5) is 12.3. The summed E-state index contributed by atoms with van der Waals surface area (Å²) in [6, 6.07) is 15.9. The van der Waals surface area contributed by atoms with Crippen molar-refractivity contribution in [1.82, 2.24) is 20.1 Å². The van der Waals surface area contributed by atoms with Gasteiger partial charge >= 0.3 is 0 Å². The van der Waals surface area contributed by atoms with Crippen molar-refractivity contribution in [3.05, 3.63) is 60.4 Å². The Morgan fingerprint density at radius 3 is 2.39 bits per heavy atom. The van der Waals surface area contributed by atoms with Crippen LogP contribution in [0.25, 0.3) is 17.1 Å². The average molecular weight is 399 g/mol. The summed E-state index contributed by atoms with van der Waals surface area (Å²) in [7, 11) is 0. The fourth-order valence-corrected chi connectivity index (χ4v) is 3.32. The van der Waals surface area contributed by atoms with Gasteiger partial charge in [0, 0.05) is 17.3 Å². The number of aromatic nitrogens is 3. The van der Waals surface area contributed by atoms with Crippen LogP contribution >= 0.6 is 11.8 Å². The van der Waals surface area contributed by atoms with E-state index in [4.69, 9.17) is 0 Å². The molecular formula is C21H23FN4OS. The van der Waals surface area contributed by atoms with Gasteiger partial charge in [-0.05, 0) is 37.1 Å². The summed E-state index contributed by atoms with van der Waals surface area (Å²) in [6.07, 6.45) is 0. The molecule has 1 amide bonds.